The van der Waals surface area contributed by atoms with E-state index in [0.717, 1.165) is 24.8 Å². The van der Waals surface area contributed by atoms with Gasteiger partial charge in [0, 0.05) is 49.7 Å². The number of hydrogen-bond donors (Lipinski definition) is 0. The van der Waals surface area contributed by atoms with Gasteiger partial charge in [0.1, 0.15) is 5.69 Å². The molecule has 142 valence electrons. The van der Waals surface area contributed by atoms with Gasteiger partial charge in [0.05, 0.1) is 12.1 Å². The Balaban J connectivity index is 1.45. The van der Waals surface area contributed by atoms with Crippen molar-refractivity contribution in [2.45, 2.75) is 31.1 Å². The molecule has 1 saturated heterocycles. The summed E-state index contributed by atoms with van der Waals surface area (Å²) in [6.45, 7) is 1.23. The number of aromatic nitrogens is 5. The molecule has 2 fully saturated rings. The fourth-order valence-electron chi connectivity index (χ4n) is 3.98. The van der Waals surface area contributed by atoms with Gasteiger partial charge in [-0.15, -0.1) is 0 Å². The molecule has 8 nitrogen and oxygen atoms in total. The molecule has 1 amide bonds. The molecule has 1 saturated carbocycles. The minimum Gasteiger partial charge on any atom is -0.341 e. The molecule has 1 aliphatic carbocycles. The van der Waals surface area contributed by atoms with Gasteiger partial charge in [0.2, 0.25) is 17.6 Å². The van der Waals surface area contributed by atoms with Crippen LogP contribution in [0.4, 0.5) is 0 Å². The molecule has 0 unspecified atom stereocenters. The quantitative estimate of drug-likeness (QED) is 0.690. The first-order chi connectivity index (χ1) is 13.8. The number of rotatable bonds is 4. The van der Waals surface area contributed by atoms with Crippen LogP contribution in [0.1, 0.15) is 42.6 Å². The van der Waals surface area contributed by atoms with E-state index in [1.807, 2.05) is 23.2 Å². The highest BCUT2D eigenvalue weighted by Crippen LogP contribution is 2.41. The van der Waals surface area contributed by atoms with Crippen LogP contribution in [0, 0.1) is 5.92 Å². The number of amides is 1. The second-order valence-electron chi connectivity index (χ2n) is 7.42. The normalized spacial score (nSPS) is 22.2. The molecule has 0 N–H and O–H groups in total. The van der Waals surface area contributed by atoms with Crippen LogP contribution in [0.25, 0.3) is 11.5 Å². The van der Waals surface area contributed by atoms with E-state index in [4.69, 9.17) is 4.52 Å². The summed E-state index contributed by atoms with van der Waals surface area (Å²) in [5, 5.41) is 4.08. The Kier molecular flexibility index (Phi) is 4.31. The lowest BCUT2D eigenvalue weighted by Crippen LogP contribution is -2.37. The summed E-state index contributed by atoms with van der Waals surface area (Å²) in [4.78, 5) is 31.9. The van der Waals surface area contributed by atoms with Crippen molar-refractivity contribution >= 4 is 5.91 Å². The topological polar surface area (TPSA) is 97.9 Å². The van der Waals surface area contributed by atoms with Crippen LogP contribution in [0.2, 0.25) is 0 Å². The first kappa shape index (κ1) is 17.0. The third kappa shape index (κ3) is 3.04. The zero-order chi connectivity index (χ0) is 18.9. The zero-order valence-electron chi connectivity index (χ0n) is 15.3. The van der Waals surface area contributed by atoms with E-state index in [9.17, 15) is 4.79 Å². The Bertz CT molecular complexity index is 957. The molecular formula is C20H20N6O2. The van der Waals surface area contributed by atoms with Crippen molar-refractivity contribution < 1.29 is 9.32 Å². The smallest absolute Gasteiger partial charge is 0.232 e. The Labute approximate surface area is 162 Å². The standard InChI is InChI=1S/C20H20N6O2/c27-20(13-3-1-4-13)26-11-15(14-5-2-6-21-9-14)16(12-26)19-24-18(25-28-19)17-10-22-7-8-23-17/h2,5-10,13,15-16H,1,3-4,11-12H2/t15-,16+/m0/s1. The maximum absolute atomic E-state index is 12.8. The van der Waals surface area contributed by atoms with Crippen LogP contribution in [0.3, 0.4) is 0 Å². The number of nitrogens with zero attached hydrogens (tertiary/aromatic N) is 6. The fourth-order valence-corrected chi connectivity index (χ4v) is 3.98. The zero-order valence-corrected chi connectivity index (χ0v) is 15.3. The Morgan fingerprint density at radius 2 is 1.93 bits per heavy atom. The van der Waals surface area contributed by atoms with Gasteiger partial charge in [-0.25, -0.2) is 4.98 Å². The van der Waals surface area contributed by atoms with E-state index >= 15 is 0 Å². The highest BCUT2D eigenvalue weighted by Gasteiger charge is 2.42. The molecule has 1 aliphatic heterocycles. The first-order valence-corrected chi connectivity index (χ1v) is 9.58. The third-order valence-electron chi connectivity index (χ3n) is 5.75. The summed E-state index contributed by atoms with van der Waals surface area (Å²) in [6, 6.07) is 3.96. The van der Waals surface area contributed by atoms with Gasteiger partial charge in [-0.2, -0.15) is 4.98 Å². The van der Waals surface area contributed by atoms with Gasteiger partial charge < -0.3 is 9.42 Å². The van der Waals surface area contributed by atoms with E-state index in [1.165, 1.54) is 0 Å². The van der Waals surface area contributed by atoms with Gasteiger partial charge >= 0.3 is 0 Å². The van der Waals surface area contributed by atoms with E-state index in [0.29, 0.717) is 30.5 Å². The van der Waals surface area contributed by atoms with Crippen LogP contribution in [-0.4, -0.2) is 49.0 Å². The average molecular weight is 376 g/mol. The molecule has 5 rings (SSSR count). The molecule has 3 aromatic rings. The monoisotopic (exact) mass is 376 g/mol. The first-order valence-electron chi connectivity index (χ1n) is 9.58. The van der Waals surface area contributed by atoms with E-state index in [-0.39, 0.29) is 23.7 Å². The molecule has 0 spiro atoms. The summed E-state index contributed by atoms with van der Waals surface area (Å²) < 4.78 is 5.60. The van der Waals surface area contributed by atoms with Crippen molar-refractivity contribution in [2.75, 3.05) is 13.1 Å². The predicted molar refractivity (Wildman–Crippen MR) is 99.0 cm³/mol. The largest absolute Gasteiger partial charge is 0.341 e. The Hall–Kier alpha value is -3.16. The minimum atomic E-state index is -0.0638. The van der Waals surface area contributed by atoms with Crippen LogP contribution >= 0.6 is 0 Å². The van der Waals surface area contributed by atoms with Crippen LogP contribution in [-0.2, 0) is 4.79 Å². The number of likely N-dealkylation sites (tertiary alicyclic amines) is 1. The summed E-state index contributed by atoms with van der Waals surface area (Å²) >= 11 is 0. The lowest BCUT2D eigenvalue weighted by Gasteiger charge is -2.29. The van der Waals surface area contributed by atoms with Crippen LogP contribution < -0.4 is 0 Å². The second kappa shape index (κ2) is 7.10. The van der Waals surface area contributed by atoms with Gasteiger partial charge in [0.15, 0.2) is 0 Å². The van der Waals surface area contributed by atoms with E-state index < -0.39 is 0 Å². The van der Waals surface area contributed by atoms with Crippen molar-refractivity contribution in [3.05, 3.63) is 54.6 Å². The molecule has 28 heavy (non-hydrogen) atoms. The van der Waals surface area contributed by atoms with Gasteiger partial charge in [0.25, 0.3) is 0 Å². The molecule has 2 atom stereocenters. The molecule has 8 heteroatoms. The lowest BCUT2D eigenvalue weighted by molar-refractivity contribution is -0.137. The Morgan fingerprint density at radius 3 is 2.64 bits per heavy atom. The van der Waals surface area contributed by atoms with Gasteiger partial charge in [-0.3, -0.25) is 14.8 Å². The third-order valence-corrected chi connectivity index (χ3v) is 5.75. The minimum absolute atomic E-state index is 0.0638. The van der Waals surface area contributed by atoms with Crippen molar-refractivity contribution in [3.8, 4) is 11.5 Å². The highest BCUT2D eigenvalue weighted by molar-refractivity contribution is 5.80. The van der Waals surface area contributed by atoms with E-state index in [1.54, 1.807) is 24.8 Å². The summed E-state index contributed by atoms with van der Waals surface area (Å²) in [7, 11) is 0. The van der Waals surface area contributed by atoms with Crippen LogP contribution in [0.5, 0.6) is 0 Å². The molecule has 2 aliphatic rings. The predicted octanol–water partition coefficient (Wildman–Crippen LogP) is 2.43. The van der Waals surface area contributed by atoms with Gasteiger partial charge in [-0.1, -0.05) is 17.6 Å². The number of carbonyl (C=O) groups is 1. The van der Waals surface area contributed by atoms with Crippen LogP contribution in [0.15, 0.2) is 47.6 Å². The number of hydrogen-bond acceptors (Lipinski definition) is 7. The molecule has 3 aromatic heterocycles. The maximum Gasteiger partial charge on any atom is 0.232 e. The summed E-state index contributed by atoms with van der Waals surface area (Å²) in [5.74, 6) is 1.37. The molecule has 0 radical (unpaired) electrons. The van der Waals surface area contributed by atoms with E-state index in [2.05, 4.69) is 25.1 Å². The fraction of sp³-hybridized carbons (Fsp3) is 0.400. The molecule has 0 aromatic carbocycles. The number of pyridine rings is 1. The number of carbonyl (C=O) groups excluding carboxylic acids is 1. The van der Waals surface area contributed by atoms with Gasteiger partial charge in [-0.05, 0) is 24.5 Å². The van der Waals surface area contributed by atoms with Crippen molar-refractivity contribution in [3.63, 3.8) is 0 Å². The Morgan fingerprint density at radius 1 is 1.07 bits per heavy atom. The van der Waals surface area contributed by atoms with Crippen molar-refractivity contribution in [1.82, 2.24) is 30.0 Å². The molecule has 0 bridgehead atoms. The summed E-state index contributed by atoms with van der Waals surface area (Å²) in [6.07, 6.45) is 11.5. The highest BCUT2D eigenvalue weighted by atomic mass is 16.5. The summed E-state index contributed by atoms with van der Waals surface area (Å²) in [5.41, 5.74) is 1.64. The SMILES string of the molecule is O=C(C1CCC1)N1C[C@@H](c2cccnc2)[C@H](c2nc(-c3cnccn3)no2)C1. The lowest BCUT2D eigenvalue weighted by atomic mass is 9.84. The molecule has 4 heterocycles. The average Bonchev–Trinajstić information content (AvgIpc) is 3.35. The molecular weight excluding hydrogens is 356 g/mol. The van der Waals surface area contributed by atoms with Crippen molar-refractivity contribution in [1.29, 1.82) is 0 Å². The maximum atomic E-state index is 12.8. The van der Waals surface area contributed by atoms with Crippen molar-refractivity contribution in [2.24, 2.45) is 5.92 Å². The second-order valence-corrected chi connectivity index (χ2v) is 7.42.